The number of hydrogen-bond acceptors (Lipinski definition) is 5. The van der Waals surface area contributed by atoms with E-state index in [0.717, 1.165) is 12.3 Å². The van der Waals surface area contributed by atoms with Crippen LogP contribution in [0, 0.1) is 12.7 Å². The van der Waals surface area contributed by atoms with Crippen molar-refractivity contribution in [3.05, 3.63) is 82.9 Å². The lowest BCUT2D eigenvalue weighted by molar-refractivity contribution is -0.138. The molecule has 0 bridgehead atoms. The summed E-state index contributed by atoms with van der Waals surface area (Å²) < 4.78 is 61.5. The number of aromatic carboxylic acids is 1. The molecule has 0 radical (unpaired) electrons. The number of piperidine rings is 1. The fraction of sp³-hybridized carbons (Fsp3) is 0.321. The van der Waals surface area contributed by atoms with Gasteiger partial charge in [-0.1, -0.05) is 6.07 Å². The summed E-state index contributed by atoms with van der Waals surface area (Å²) in [6, 6.07) is 9.84. The molecular formula is C28H25F4N3O4. The zero-order valence-electron chi connectivity index (χ0n) is 21.0. The van der Waals surface area contributed by atoms with Crippen LogP contribution in [0.5, 0.6) is 0 Å². The molecule has 1 amide bonds. The number of halogens is 4. The topological polar surface area (TPSA) is 83.0 Å². The Labute approximate surface area is 221 Å². The highest BCUT2D eigenvalue weighted by atomic mass is 19.4. The highest BCUT2D eigenvalue weighted by molar-refractivity contribution is 5.92. The third kappa shape index (κ3) is 5.31. The molecule has 2 aliphatic heterocycles. The third-order valence-corrected chi connectivity index (χ3v) is 7.38. The van der Waals surface area contributed by atoms with E-state index in [9.17, 15) is 27.2 Å². The van der Waals surface area contributed by atoms with E-state index < -0.39 is 35.2 Å². The van der Waals surface area contributed by atoms with Gasteiger partial charge in [0, 0.05) is 49.9 Å². The van der Waals surface area contributed by atoms with Crippen LogP contribution in [0.1, 0.15) is 39.9 Å². The number of rotatable bonds is 5. The summed E-state index contributed by atoms with van der Waals surface area (Å²) in [6.07, 6.45) is -1.74. The quantitative estimate of drug-likeness (QED) is 0.404. The van der Waals surface area contributed by atoms with Crippen molar-refractivity contribution in [2.24, 2.45) is 0 Å². The summed E-state index contributed by atoms with van der Waals surface area (Å²) in [5.41, 5.74) is 0.00510. The maximum atomic E-state index is 14.6. The molecule has 1 N–H and O–H groups in total. The van der Waals surface area contributed by atoms with E-state index >= 15 is 0 Å². The Morgan fingerprint density at radius 1 is 1.10 bits per heavy atom. The monoisotopic (exact) mass is 543 g/mol. The van der Waals surface area contributed by atoms with Crippen LogP contribution in [-0.2, 0) is 17.5 Å². The van der Waals surface area contributed by atoms with Gasteiger partial charge in [0.05, 0.1) is 23.9 Å². The molecule has 204 valence electrons. The number of nitrogens with zero attached hydrogens (tertiary/aromatic N) is 3. The van der Waals surface area contributed by atoms with Crippen molar-refractivity contribution < 1.29 is 37.0 Å². The van der Waals surface area contributed by atoms with Crippen molar-refractivity contribution in [3.8, 4) is 11.1 Å². The van der Waals surface area contributed by atoms with Gasteiger partial charge in [-0.2, -0.15) is 13.2 Å². The van der Waals surface area contributed by atoms with Crippen LogP contribution in [0.15, 0.2) is 54.9 Å². The van der Waals surface area contributed by atoms with Crippen molar-refractivity contribution in [2.75, 3.05) is 24.5 Å². The average molecular weight is 544 g/mol. The summed E-state index contributed by atoms with van der Waals surface area (Å²) in [5, 5.41) is 9.10. The molecule has 39 heavy (non-hydrogen) atoms. The average Bonchev–Trinajstić information content (AvgIpc) is 3.21. The maximum absolute atomic E-state index is 14.6. The number of amides is 1. The minimum absolute atomic E-state index is 0.00408. The molecule has 2 aliphatic rings. The number of aryl methyl sites for hydroxylation is 1. The number of benzene rings is 2. The molecule has 2 saturated heterocycles. The van der Waals surface area contributed by atoms with Crippen molar-refractivity contribution >= 4 is 17.7 Å². The summed E-state index contributed by atoms with van der Waals surface area (Å²) >= 11 is 0. The predicted octanol–water partition coefficient (Wildman–Crippen LogP) is 5.90. The Morgan fingerprint density at radius 2 is 1.79 bits per heavy atom. The van der Waals surface area contributed by atoms with Crippen molar-refractivity contribution in [1.82, 2.24) is 9.88 Å². The molecule has 0 unspecified atom stereocenters. The number of aromatic nitrogens is 1. The fourth-order valence-corrected chi connectivity index (χ4v) is 5.26. The standard InChI is InChI=1S/C28H25F4N3O4/c1-17-12-22(21-6-9-33-14-24(21)29)19(13-23(17)28(30,31)32)15-34-10-7-27(8-11-34)16-35(26(38)39-27)20-4-2-18(3-5-20)25(36)37/h2-6,9,12-14H,7-8,10-11,15-16H2,1H3,(H,36,37). The number of ether oxygens (including phenoxy) is 1. The number of alkyl halides is 3. The minimum Gasteiger partial charge on any atom is -0.478 e. The van der Waals surface area contributed by atoms with Crippen molar-refractivity contribution in [1.29, 1.82) is 0 Å². The SMILES string of the molecule is Cc1cc(-c2ccncc2F)c(CN2CCC3(CC2)CN(c2ccc(C(=O)O)cc2)C(=O)O3)cc1C(F)(F)F. The zero-order valence-corrected chi connectivity index (χ0v) is 21.0. The molecule has 1 spiro atoms. The lowest BCUT2D eigenvalue weighted by Gasteiger charge is -2.37. The van der Waals surface area contributed by atoms with Gasteiger partial charge in [0.1, 0.15) is 11.4 Å². The number of carbonyl (C=O) groups excluding carboxylic acids is 1. The Kier molecular flexibility index (Phi) is 6.79. The smallest absolute Gasteiger partial charge is 0.416 e. The first-order valence-electron chi connectivity index (χ1n) is 12.3. The largest absolute Gasteiger partial charge is 0.478 e. The van der Waals surface area contributed by atoms with Gasteiger partial charge in [-0.15, -0.1) is 0 Å². The van der Waals surface area contributed by atoms with E-state index in [4.69, 9.17) is 9.84 Å². The maximum Gasteiger partial charge on any atom is 0.416 e. The lowest BCUT2D eigenvalue weighted by Crippen LogP contribution is -2.46. The normalized spacial score (nSPS) is 17.5. The summed E-state index contributed by atoms with van der Waals surface area (Å²) in [6.45, 7) is 2.70. The van der Waals surface area contributed by atoms with E-state index in [1.165, 1.54) is 42.3 Å². The van der Waals surface area contributed by atoms with Gasteiger partial charge in [0.2, 0.25) is 0 Å². The van der Waals surface area contributed by atoms with Gasteiger partial charge in [0.25, 0.3) is 0 Å². The molecule has 0 saturated carbocycles. The first-order chi connectivity index (χ1) is 18.5. The molecule has 3 aromatic rings. The van der Waals surface area contributed by atoms with Gasteiger partial charge >= 0.3 is 18.2 Å². The number of anilines is 1. The van der Waals surface area contributed by atoms with Gasteiger partial charge in [-0.25, -0.2) is 14.0 Å². The number of hydrogen-bond donors (Lipinski definition) is 1. The van der Waals surface area contributed by atoms with Crippen LogP contribution in [0.3, 0.4) is 0 Å². The van der Waals surface area contributed by atoms with Crippen molar-refractivity contribution in [2.45, 2.75) is 38.1 Å². The lowest BCUT2D eigenvalue weighted by atomic mass is 9.89. The number of carboxylic acids is 1. The predicted molar refractivity (Wildman–Crippen MR) is 134 cm³/mol. The Bertz CT molecular complexity index is 1420. The molecule has 0 atom stereocenters. The molecule has 0 aliphatic carbocycles. The van der Waals surface area contributed by atoms with Crippen LogP contribution in [-0.4, -0.2) is 52.3 Å². The molecule has 7 nitrogen and oxygen atoms in total. The molecule has 11 heteroatoms. The summed E-state index contributed by atoms with van der Waals surface area (Å²) in [7, 11) is 0. The second-order valence-corrected chi connectivity index (χ2v) is 9.94. The first kappa shape index (κ1) is 26.6. The molecule has 3 heterocycles. The van der Waals surface area contributed by atoms with Crippen LogP contribution in [0.25, 0.3) is 11.1 Å². The van der Waals surface area contributed by atoms with Gasteiger partial charge in [-0.05, 0) is 60.0 Å². The number of carbonyl (C=O) groups is 2. The second-order valence-electron chi connectivity index (χ2n) is 9.94. The summed E-state index contributed by atoms with van der Waals surface area (Å²) in [4.78, 5) is 31.0. The minimum atomic E-state index is -4.55. The summed E-state index contributed by atoms with van der Waals surface area (Å²) in [5.74, 6) is -1.69. The van der Waals surface area contributed by atoms with E-state index in [-0.39, 0.29) is 29.8 Å². The van der Waals surface area contributed by atoms with E-state index in [1.807, 2.05) is 4.90 Å². The number of pyridine rings is 1. The van der Waals surface area contributed by atoms with Crippen molar-refractivity contribution in [3.63, 3.8) is 0 Å². The first-order valence-corrected chi connectivity index (χ1v) is 12.3. The molecule has 5 rings (SSSR count). The van der Waals surface area contributed by atoms with Crippen LogP contribution < -0.4 is 4.90 Å². The van der Waals surface area contributed by atoms with E-state index in [1.54, 1.807) is 12.1 Å². The molecule has 2 fully saturated rings. The zero-order chi connectivity index (χ0) is 27.9. The van der Waals surface area contributed by atoms with E-state index in [0.29, 0.717) is 42.7 Å². The second kappa shape index (κ2) is 9.96. The van der Waals surface area contributed by atoms with E-state index in [2.05, 4.69) is 4.98 Å². The Hall–Kier alpha value is -3.99. The Morgan fingerprint density at radius 3 is 2.41 bits per heavy atom. The van der Waals surface area contributed by atoms with Crippen LogP contribution in [0.2, 0.25) is 0 Å². The molecular weight excluding hydrogens is 518 g/mol. The van der Waals surface area contributed by atoms with Gasteiger partial charge in [0.15, 0.2) is 0 Å². The highest BCUT2D eigenvalue weighted by Gasteiger charge is 2.47. The number of carboxylic acid groups (broad SMARTS) is 1. The Balaban J connectivity index is 1.34. The van der Waals surface area contributed by atoms with Gasteiger partial charge in [-0.3, -0.25) is 14.8 Å². The van der Waals surface area contributed by atoms with Crippen LogP contribution >= 0.6 is 0 Å². The van der Waals surface area contributed by atoms with Gasteiger partial charge < -0.3 is 9.84 Å². The number of likely N-dealkylation sites (tertiary alicyclic amines) is 1. The third-order valence-electron chi connectivity index (χ3n) is 7.38. The fourth-order valence-electron chi connectivity index (χ4n) is 5.26. The molecule has 2 aromatic carbocycles. The highest BCUT2D eigenvalue weighted by Crippen LogP contribution is 2.39. The van der Waals surface area contributed by atoms with Crippen LogP contribution in [0.4, 0.5) is 28.0 Å². The molecule has 1 aromatic heterocycles.